The highest BCUT2D eigenvalue weighted by Gasteiger charge is 2.22. The smallest absolute Gasteiger partial charge is 0.220 e. The summed E-state index contributed by atoms with van der Waals surface area (Å²) < 4.78 is 0. The van der Waals surface area contributed by atoms with E-state index in [1.165, 1.54) is 44.9 Å². The van der Waals surface area contributed by atoms with Gasteiger partial charge < -0.3 is 10.6 Å². The molecule has 1 amide bonds. The zero-order chi connectivity index (χ0) is 11.2. The van der Waals surface area contributed by atoms with E-state index in [1.807, 2.05) is 0 Å². The summed E-state index contributed by atoms with van der Waals surface area (Å²) in [4.78, 5) is 11.4. The van der Waals surface area contributed by atoms with Crippen molar-refractivity contribution in [3.63, 3.8) is 0 Å². The van der Waals surface area contributed by atoms with E-state index in [0.29, 0.717) is 12.5 Å². The second-order valence-electron chi connectivity index (χ2n) is 5.23. The van der Waals surface area contributed by atoms with Crippen LogP contribution in [0.15, 0.2) is 0 Å². The Morgan fingerprint density at radius 1 is 1.00 bits per heavy atom. The van der Waals surface area contributed by atoms with Crippen LogP contribution in [0.2, 0.25) is 0 Å². The van der Waals surface area contributed by atoms with Crippen LogP contribution in [0.5, 0.6) is 0 Å². The van der Waals surface area contributed by atoms with Gasteiger partial charge in [0.2, 0.25) is 5.91 Å². The van der Waals surface area contributed by atoms with Crippen molar-refractivity contribution in [2.45, 2.75) is 69.9 Å². The molecule has 0 spiro atoms. The molecule has 0 aromatic rings. The van der Waals surface area contributed by atoms with Crippen molar-refractivity contribution in [2.24, 2.45) is 0 Å². The fraction of sp³-hybridized carbons (Fsp3) is 0.923. The standard InChI is InChI=1S/C13H24N2O/c16-13(15-12-8-9-12)7-4-10-14-11-5-2-1-3-6-11/h11-12,14H,1-10H2,(H,15,16). The molecule has 2 aliphatic carbocycles. The van der Waals surface area contributed by atoms with E-state index in [-0.39, 0.29) is 5.91 Å². The first-order valence-electron chi connectivity index (χ1n) is 6.87. The molecule has 0 aromatic carbocycles. The third-order valence-electron chi connectivity index (χ3n) is 3.56. The van der Waals surface area contributed by atoms with Gasteiger partial charge in [-0.15, -0.1) is 0 Å². The lowest BCUT2D eigenvalue weighted by atomic mass is 9.95. The van der Waals surface area contributed by atoms with E-state index < -0.39 is 0 Å². The molecule has 2 fully saturated rings. The van der Waals surface area contributed by atoms with Crippen molar-refractivity contribution in [1.29, 1.82) is 0 Å². The topological polar surface area (TPSA) is 41.1 Å². The first-order chi connectivity index (χ1) is 7.84. The van der Waals surface area contributed by atoms with Crippen LogP contribution in [0.25, 0.3) is 0 Å². The second-order valence-corrected chi connectivity index (χ2v) is 5.23. The molecule has 2 rings (SSSR count). The Kier molecular flexibility index (Phi) is 4.64. The normalized spacial score (nSPS) is 22.0. The molecule has 0 aliphatic heterocycles. The Hall–Kier alpha value is -0.570. The summed E-state index contributed by atoms with van der Waals surface area (Å²) in [6.07, 6.45) is 10.9. The average molecular weight is 224 g/mol. The van der Waals surface area contributed by atoms with Crippen LogP contribution in [0, 0.1) is 0 Å². The quantitative estimate of drug-likeness (QED) is 0.677. The van der Waals surface area contributed by atoms with Gasteiger partial charge in [-0.2, -0.15) is 0 Å². The van der Waals surface area contributed by atoms with Gasteiger partial charge in [0.15, 0.2) is 0 Å². The molecular weight excluding hydrogens is 200 g/mol. The lowest BCUT2D eigenvalue weighted by molar-refractivity contribution is -0.121. The summed E-state index contributed by atoms with van der Waals surface area (Å²) in [7, 11) is 0. The van der Waals surface area contributed by atoms with Crippen molar-refractivity contribution >= 4 is 5.91 Å². The van der Waals surface area contributed by atoms with E-state index >= 15 is 0 Å². The molecule has 0 radical (unpaired) electrons. The van der Waals surface area contributed by atoms with Gasteiger partial charge in [0.05, 0.1) is 0 Å². The highest BCUT2D eigenvalue weighted by molar-refractivity contribution is 5.76. The lowest BCUT2D eigenvalue weighted by Crippen LogP contribution is -2.32. The van der Waals surface area contributed by atoms with Gasteiger partial charge in [-0.3, -0.25) is 4.79 Å². The van der Waals surface area contributed by atoms with Gasteiger partial charge in [0.1, 0.15) is 0 Å². The molecule has 0 bridgehead atoms. The van der Waals surface area contributed by atoms with Gasteiger partial charge in [-0.25, -0.2) is 0 Å². The minimum absolute atomic E-state index is 0.243. The van der Waals surface area contributed by atoms with Crippen molar-refractivity contribution in [1.82, 2.24) is 10.6 Å². The first-order valence-corrected chi connectivity index (χ1v) is 6.87. The number of nitrogens with one attached hydrogen (secondary N) is 2. The Labute approximate surface area is 98.4 Å². The maximum Gasteiger partial charge on any atom is 0.220 e. The highest BCUT2D eigenvalue weighted by Crippen LogP contribution is 2.19. The van der Waals surface area contributed by atoms with Crippen LogP contribution in [0.3, 0.4) is 0 Å². The number of amides is 1. The third kappa shape index (κ3) is 4.52. The average Bonchev–Trinajstić information content (AvgIpc) is 3.10. The molecule has 2 aliphatic rings. The maximum absolute atomic E-state index is 11.4. The second kappa shape index (κ2) is 6.24. The van der Waals surface area contributed by atoms with Gasteiger partial charge in [0.25, 0.3) is 0 Å². The fourth-order valence-electron chi connectivity index (χ4n) is 2.39. The van der Waals surface area contributed by atoms with Crippen LogP contribution in [0.1, 0.15) is 57.8 Å². The Morgan fingerprint density at radius 3 is 2.44 bits per heavy atom. The van der Waals surface area contributed by atoms with Crippen LogP contribution in [0.4, 0.5) is 0 Å². The number of hydrogen-bond acceptors (Lipinski definition) is 2. The zero-order valence-electron chi connectivity index (χ0n) is 10.1. The van der Waals surface area contributed by atoms with Crippen LogP contribution in [-0.4, -0.2) is 24.5 Å². The van der Waals surface area contributed by atoms with Crippen molar-refractivity contribution in [3.8, 4) is 0 Å². The molecule has 16 heavy (non-hydrogen) atoms. The predicted molar refractivity (Wildman–Crippen MR) is 65.3 cm³/mol. The summed E-state index contributed by atoms with van der Waals surface area (Å²) in [6, 6.07) is 1.24. The van der Waals surface area contributed by atoms with Crippen LogP contribution >= 0.6 is 0 Å². The van der Waals surface area contributed by atoms with Crippen molar-refractivity contribution in [2.75, 3.05) is 6.54 Å². The molecule has 0 atom stereocenters. The monoisotopic (exact) mass is 224 g/mol. The maximum atomic E-state index is 11.4. The molecule has 0 unspecified atom stereocenters. The van der Waals surface area contributed by atoms with Gasteiger partial charge in [0, 0.05) is 18.5 Å². The highest BCUT2D eigenvalue weighted by atomic mass is 16.1. The number of rotatable bonds is 6. The summed E-state index contributed by atoms with van der Waals surface area (Å²) in [5, 5.41) is 6.59. The van der Waals surface area contributed by atoms with Gasteiger partial charge in [-0.1, -0.05) is 19.3 Å². The number of carbonyl (C=O) groups is 1. The molecule has 2 N–H and O–H groups in total. The molecule has 2 saturated carbocycles. The van der Waals surface area contributed by atoms with E-state index in [4.69, 9.17) is 0 Å². The summed E-state index contributed by atoms with van der Waals surface area (Å²) >= 11 is 0. The Balaban J connectivity index is 1.45. The molecule has 3 nitrogen and oxygen atoms in total. The predicted octanol–water partition coefficient (Wildman–Crippen LogP) is 1.97. The molecule has 92 valence electrons. The van der Waals surface area contributed by atoms with Crippen LogP contribution < -0.4 is 10.6 Å². The summed E-state index contributed by atoms with van der Waals surface area (Å²) in [5.74, 6) is 0.243. The van der Waals surface area contributed by atoms with E-state index in [1.54, 1.807) is 0 Å². The number of hydrogen-bond donors (Lipinski definition) is 2. The largest absolute Gasteiger partial charge is 0.353 e. The molecule has 0 aromatic heterocycles. The lowest BCUT2D eigenvalue weighted by Gasteiger charge is -2.22. The zero-order valence-corrected chi connectivity index (χ0v) is 10.1. The molecule has 0 heterocycles. The Bertz CT molecular complexity index is 220. The van der Waals surface area contributed by atoms with Crippen molar-refractivity contribution < 1.29 is 4.79 Å². The van der Waals surface area contributed by atoms with Gasteiger partial charge in [-0.05, 0) is 38.6 Å². The Morgan fingerprint density at radius 2 is 1.75 bits per heavy atom. The number of carbonyl (C=O) groups excluding carboxylic acids is 1. The SMILES string of the molecule is O=C(CCCNC1CCCCC1)NC1CC1. The summed E-state index contributed by atoms with van der Waals surface area (Å²) in [6.45, 7) is 1.00. The molecule has 3 heteroatoms. The van der Waals surface area contributed by atoms with E-state index in [0.717, 1.165) is 19.0 Å². The van der Waals surface area contributed by atoms with Gasteiger partial charge >= 0.3 is 0 Å². The molecule has 0 saturated heterocycles. The molecular formula is C13H24N2O. The van der Waals surface area contributed by atoms with E-state index in [2.05, 4.69) is 10.6 Å². The first kappa shape index (κ1) is 11.9. The minimum Gasteiger partial charge on any atom is -0.353 e. The van der Waals surface area contributed by atoms with E-state index in [9.17, 15) is 4.79 Å². The van der Waals surface area contributed by atoms with Crippen LogP contribution in [-0.2, 0) is 4.79 Å². The fourth-order valence-corrected chi connectivity index (χ4v) is 2.39. The van der Waals surface area contributed by atoms with Crippen molar-refractivity contribution in [3.05, 3.63) is 0 Å². The minimum atomic E-state index is 0.243. The summed E-state index contributed by atoms with van der Waals surface area (Å²) in [5.41, 5.74) is 0. The third-order valence-corrected chi connectivity index (χ3v) is 3.56.